The summed E-state index contributed by atoms with van der Waals surface area (Å²) in [5.74, 6) is 0.971. The van der Waals surface area contributed by atoms with E-state index in [2.05, 4.69) is 11.1 Å². The molecule has 0 aromatic carbocycles. The second kappa shape index (κ2) is 5.49. The number of ether oxygens (including phenoxy) is 1. The molecule has 2 fully saturated rings. The molecule has 3 rings (SSSR count). The lowest BCUT2D eigenvalue weighted by molar-refractivity contribution is -0.144. The highest BCUT2D eigenvalue weighted by molar-refractivity contribution is 5.80. The molecule has 5 nitrogen and oxygen atoms in total. The zero-order chi connectivity index (χ0) is 13.9. The predicted octanol–water partition coefficient (Wildman–Crippen LogP) is 1.73. The van der Waals surface area contributed by atoms with Crippen molar-refractivity contribution >= 4 is 5.91 Å². The summed E-state index contributed by atoms with van der Waals surface area (Å²) < 4.78 is 5.68. The van der Waals surface area contributed by atoms with Gasteiger partial charge in [0.05, 0.1) is 24.7 Å². The molecular formula is C15H17N3O2. The zero-order valence-corrected chi connectivity index (χ0v) is 11.3. The van der Waals surface area contributed by atoms with E-state index in [4.69, 9.17) is 10.00 Å². The molecule has 0 unspecified atom stereocenters. The van der Waals surface area contributed by atoms with Crippen molar-refractivity contribution in [2.45, 2.75) is 31.8 Å². The maximum Gasteiger partial charge on any atom is 0.225 e. The highest BCUT2D eigenvalue weighted by Gasteiger charge is 2.36. The molecule has 1 aromatic rings. The Kier molecular flexibility index (Phi) is 3.55. The number of pyridine rings is 1. The van der Waals surface area contributed by atoms with Gasteiger partial charge in [0, 0.05) is 18.2 Å². The SMILES string of the molecule is N#Cc1ccnc(OC2CN(C(=O)C3CCCC3)C2)c1. The Morgan fingerprint density at radius 2 is 2.15 bits per heavy atom. The fourth-order valence-corrected chi connectivity index (χ4v) is 2.84. The van der Waals surface area contributed by atoms with Crippen molar-refractivity contribution < 1.29 is 9.53 Å². The van der Waals surface area contributed by atoms with E-state index in [0.29, 0.717) is 24.5 Å². The summed E-state index contributed by atoms with van der Waals surface area (Å²) >= 11 is 0. The molecule has 0 N–H and O–H groups in total. The first-order valence-electron chi connectivity index (χ1n) is 7.08. The Morgan fingerprint density at radius 3 is 2.85 bits per heavy atom. The normalized spacial score (nSPS) is 19.4. The molecule has 1 saturated heterocycles. The minimum atomic E-state index is 0.00166. The number of nitrogens with zero attached hydrogens (tertiary/aromatic N) is 3. The fourth-order valence-electron chi connectivity index (χ4n) is 2.84. The molecule has 1 aliphatic carbocycles. The van der Waals surface area contributed by atoms with E-state index in [1.165, 1.54) is 12.8 Å². The van der Waals surface area contributed by atoms with Crippen LogP contribution in [0.1, 0.15) is 31.2 Å². The van der Waals surface area contributed by atoms with Gasteiger partial charge in [-0.05, 0) is 18.9 Å². The van der Waals surface area contributed by atoms with Gasteiger partial charge in [0.1, 0.15) is 6.10 Å². The third-order valence-corrected chi connectivity index (χ3v) is 4.02. The minimum absolute atomic E-state index is 0.00166. The average Bonchev–Trinajstić information content (AvgIpc) is 2.96. The van der Waals surface area contributed by atoms with E-state index >= 15 is 0 Å². The monoisotopic (exact) mass is 271 g/mol. The van der Waals surface area contributed by atoms with Crippen molar-refractivity contribution in [3.8, 4) is 11.9 Å². The summed E-state index contributed by atoms with van der Waals surface area (Å²) in [5, 5.41) is 8.82. The van der Waals surface area contributed by atoms with Crippen LogP contribution < -0.4 is 4.74 Å². The molecule has 1 aromatic heterocycles. The quantitative estimate of drug-likeness (QED) is 0.839. The largest absolute Gasteiger partial charge is 0.471 e. The number of likely N-dealkylation sites (tertiary alicyclic amines) is 1. The van der Waals surface area contributed by atoms with E-state index in [-0.39, 0.29) is 17.9 Å². The Morgan fingerprint density at radius 1 is 1.40 bits per heavy atom. The molecule has 5 heteroatoms. The summed E-state index contributed by atoms with van der Waals surface area (Å²) in [5.41, 5.74) is 0.535. The molecule has 0 radical (unpaired) electrons. The van der Waals surface area contributed by atoms with Gasteiger partial charge < -0.3 is 9.64 Å². The molecule has 0 spiro atoms. The third-order valence-electron chi connectivity index (χ3n) is 4.02. The number of carbonyl (C=O) groups is 1. The van der Waals surface area contributed by atoms with Gasteiger partial charge in [-0.15, -0.1) is 0 Å². The van der Waals surface area contributed by atoms with Crippen molar-refractivity contribution in [1.82, 2.24) is 9.88 Å². The first-order valence-corrected chi connectivity index (χ1v) is 7.08. The lowest BCUT2D eigenvalue weighted by Crippen LogP contribution is -2.57. The summed E-state index contributed by atoms with van der Waals surface area (Å²) in [6.07, 6.45) is 5.99. The second-order valence-corrected chi connectivity index (χ2v) is 5.46. The Labute approximate surface area is 118 Å². The molecule has 1 aliphatic heterocycles. The molecule has 0 atom stereocenters. The number of hydrogen-bond acceptors (Lipinski definition) is 4. The average molecular weight is 271 g/mol. The second-order valence-electron chi connectivity index (χ2n) is 5.46. The Hall–Kier alpha value is -2.09. The van der Waals surface area contributed by atoms with Crippen LogP contribution in [0.2, 0.25) is 0 Å². The van der Waals surface area contributed by atoms with E-state index in [1.54, 1.807) is 18.3 Å². The van der Waals surface area contributed by atoms with Gasteiger partial charge in [-0.25, -0.2) is 4.98 Å². The van der Waals surface area contributed by atoms with Crippen molar-refractivity contribution in [3.63, 3.8) is 0 Å². The number of carbonyl (C=O) groups excluding carboxylic acids is 1. The van der Waals surface area contributed by atoms with Crippen molar-refractivity contribution in [3.05, 3.63) is 23.9 Å². The highest BCUT2D eigenvalue weighted by atomic mass is 16.5. The summed E-state index contributed by atoms with van der Waals surface area (Å²) in [6.45, 7) is 1.27. The molecule has 104 valence electrons. The number of rotatable bonds is 3. The van der Waals surface area contributed by atoms with Crippen molar-refractivity contribution in [2.24, 2.45) is 5.92 Å². The first-order chi connectivity index (χ1) is 9.76. The molecule has 2 heterocycles. The Bertz CT molecular complexity index is 540. The van der Waals surface area contributed by atoms with Crippen LogP contribution in [0.25, 0.3) is 0 Å². The van der Waals surface area contributed by atoms with Crippen molar-refractivity contribution in [1.29, 1.82) is 5.26 Å². The van der Waals surface area contributed by atoms with E-state index in [1.807, 2.05) is 4.90 Å². The molecule has 0 bridgehead atoms. The number of nitriles is 1. The van der Waals surface area contributed by atoms with Crippen LogP contribution in [0.4, 0.5) is 0 Å². The third kappa shape index (κ3) is 2.60. The zero-order valence-electron chi connectivity index (χ0n) is 11.3. The van der Waals surface area contributed by atoms with Crippen LogP contribution in [-0.4, -0.2) is 35.0 Å². The summed E-state index contributed by atoms with van der Waals surface area (Å²) in [7, 11) is 0. The number of hydrogen-bond donors (Lipinski definition) is 0. The van der Waals surface area contributed by atoms with Crippen LogP contribution in [-0.2, 0) is 4.79 Å². The molecule has 2 aliphatic rings. The standard InChI is InChI=1S/C15H17N3O2/c16-8-11-5-6-17-14(7-11)20-13-9-18(10-13)15(19)12-3-1-2-4-12/h5-7,12-13H,1-4,9-10H2. The maximum absolute atomic E-state index is 12.1. The number of amides is 1. The van der Waals surface area contributed by atoms with Crippen LogP contribution in [0.5, 0.6) is 5.88 Å². The van der Waals surface area contributed by atoms with Gasteiger partial charge in [-0.3, -0.25) is 4.79 Å². The molecule has 1 saturated carbocycles. The number of aromatic nitrogens is 1. The van der Waals surface area contributed by atoms with Gasteiger partial charge in [0.2, 0.25) is 11.8 Å². The molecular weight excluding hydrogens is 254 g/mol. The van der Waals surface area contributed by atoms with Gasteiger partial charge >= 0.3 is 0 Å². The summed E-state index contributed by atoms with van der Waals surface area (Å²) in [6, 6.07) is 5.33. The van der Waals surface area contributed by atoms with Crippen LogP contribution in [0, 0.1) is 17.2 Å². The summed E-state index contributed by atoms with van der Waals surface area (Å²) in [4.78, 5) is 18.1. The smallest absolute Gasteiger partial charge is 0.225 e. The molecule has 1 amide bonds. The topological polar surface area (TPSA) is 66.2 Å². The minimum Gasteiger partial charge on any atom is -0.471 e. The van der Waals surface area contributed by atoms with Gasteiger partial charge in [-0.1, -0.05) is 12.8 Å². The van der Waals surface area contributed by atoms with E-state index < -0.39 is 0 Å². The van der Waals surface area contributed by atoms with Crippen LogP contribution in [0.15, 0.2) is 18.3 Å². The van der Waals surface area contributed by atoms with Crippen LogP contribution in [0.3, 0.4) is 0 Å². The van der Waals surface area contributed by atoms with Crippen LogP contribution >= 0.6 is 0 Å². The van der Waals surface area contributed by atoms with E-state index in [0.717, 1.165) is 12.8 Å². The van der Waals surface area contributed by atoms with Gasteiger partial charge in [0.15, 0.2) is 0 Å². The fraction of sp³-hybridized carbons (Fsp3) is 0.533. The van der Waals surface area contributed by atoms with Gasteiger partial charge in [0.25, 0.3) is 0 Å². The Balaban J connectivity index is 1.50. The first kappa shape index (κ1) is 12.9. The predicted molar refractivity (Wildman–Crippen MR) is 71.9 cm³/mol. The highest BCUT2D eigenvalue weighted by Crippen LogP contribution is 2.28. The van der Waals surface area contributed by atoms with Crippen molar-refractivity contribution in [2.75, 3.05) is 13.1 Å². The van der Waals surface area contributed by atoms with E-state index in [9.17, 15) is 4.79 Å². The lowest BCUT2D eigenvalue weighted by atomic mass is 10.0. The molecule has 20 heavy (non-hydrogen) atoms. The van der Waals surface area contributed by atoms with Gasteiger partial charge in [-0.2, -0.15) is 5.26 Å². The maximum atomic E-state index is 12.1. The lowest BCUT2D eigenvalue weighted by Gasteiger charge is -2.40.